The Hall–Kier alpha value is -0.0800. The number of unbranched alkanes of at least 4 members (excludes halogenated alkanes) is 10. The maximum absolute atomic E-state index is 12.8. The van der Waals surface area contributed by atoms with E-state index in [1.165, 1.54) is 64.2 Å². The van der Waals surface area contributed by atoms with Crippen molar-refractivity contribution in [3.05, 3.63) is 5.21 Å². The topological polar surface area (TPSA) is 23.1 Å². The fourth-order valence-corrected chi connectivity index (χ4v) is 3.10. The molecule has 2 nitrogen and oxygen atoms in total. The summed E-state index contributed by atoms with van der Waals surface area (Å²) < 4.78 is 0.0814. The Kier molecular flexibility index (Phi) is 14.8. The summed E-state index contributed by atoms with van der Waals surface area (Å²) in [5, 5.41) is 12.8. The van der Waals surface area contributed by atoms with E-state index < -0.39 is 0 Å². The predicted molar refractivity (Wildman–Crippen MR) is 95.3 cm³/mol. The second-order valence-corrected chi connectivity index (χ2v) is 6.76. The van der Waals surface area contributed by atoms with Crippen LogP contribution >= 0.6 is 0 Å². The maximum Gasteiger partial charge on any atom is 0.0783 e. The summed E-state index contributed by atoms with van der Waals surface area (Å²) in [6.07, 6.45) is 16.4. The molecule has 21 heavy (non-hydrogen) atoms. The molecule has 0 aromatic rings. The first-order valence-electron chi connectivity index (χ1n) is 9.75. The molecule has 0 fully saturated rings. The van der Waals surface area contributed by atoms with Crippen molar-refractivity contribution in [2.24, 2.45) is 0 Å². The largest absolute Gasteiger partial charge is 0.633 e. The lowest BCUT2D eigenvalue weighted by molar-refractivity contribution is -0.881. The average Bonchev–Trinajstić information content (AvgIpc) is 2.47. The standard InChI is InChI=1S/C19H41NO/c1-4-7-9-11-13-15-18-20(21,17-6-3)19-16-14-12-10-8-5-2/h4-19H2,1-3H3. The van der Waals surface area contributed by atoms with Gasteiger partial charge in [-0.3, -0.25) is 0 Å². The van der Waals surface area contributed by atoms with Crippen LogP contribution in [0.1, 0.15) is 104 Å². The van der Waals surface area contributed by atoms with Gasteiger partial charge in [0.2, 0.25) is 0 Å². The lowest BCUT2D eigenvalue weighted by Gasteiger charge is -2.43. The smallest absolute Gasteiger partial charge is 0.0783 e. The molecule has 0 bridgehead atoms. The lowest BCUT2D eigenvalue weighted by Crippen LogP contribution is -2.44. The van der Waals surface area contributed by atoms with Gasteiger partial charge < -0.3 is 9.85 Å². The molecule has 0 N–H and O–H groups in total. The number of hydrogen-bond donors (Lipinski definition) is 0. The number of nitrogens with zero attached hydrogens (tertiary/aromatic N) is 1. The van der Waals surface area contributed by atoms with E-state index in [0.717, 1.165) is 38.9 Å². The highest BCUT2D eigenvalue weighted by Crippen LogP contribution is 2.15. The van der Waals surface area contributed by atoms with Crippen molar-refractivity contribution in [2.45, 2.75) is 104 Å². The van der Waals surface area contributed by atoms with Gasteiger partial charge in [-0.25, -0.2) is 0 Å². The fraction of sp³-hybridized carbons (Fsp3) is 1.00. The quantitative estimate of drug-likeness (QED) is 0.183. The lowest BCUT2D eigenvalue weighted by atomic mass is 10.1. The molecule has 0 heterocycles. The minimum absolute atomic E-state index is 0.0814. The molecule has 0 aliphatic rings. The van der Waals surface area contributed by atoms with Gasteiger partial charge in [-0.05, 0) is 32.1 Å². The Bertz CT molecular complexity index is 190. The van der Waals surface area contributed by atoms with Crippen LogP contribution in [0.4, 0.5) is 0 Å². The first-order valence-corrected chi connectivity index (χ1v) is 9.75. The first kappa shape index (κ1) is 20.9. The van der Waals surface area contributed by atoms with Crippen LogP contribution in [0.2, 0.25) is 0 Å². The molecule has 0 aromatic carbocycles. The van der Waals surface area contributed by atoms with E-state index in [1.807, 2.05) is 0 Å². The monoisotopic (exact) mass is 299 g/mol. The molecule has 0 atom stereocenters. The third-order valence-corrected chi connectivity index (χ3v) is 4.47. The van der Waals surface area contributed by atoms with Crippen molar-refractivity contribution in [1.29, 1.82) is 0 Å². The molecule has 0 amide bonds. The Balaban J connectivity index is 3.73. The van der Waals surface area contributed by atoms with Crippen molar-refractivity contribution >= 4 is 0 Å². The van der Waals surface area contributed by atoms with E-state index in [9.17, 15) is 5.21 Å². The van der Waals surface area contributed by atoms with Crippen LogP contribution in [0.3, 0.4) is 0 Å². The molecular weight excluding hydrogens is 258 g/mol. The van der Waals surface area contributed by atoms with Gasteiger partial charge in [0.1, 0.15) is 0 Å². The molecule has 0 aromatic heterocycles. The van der Waals surface area contributed by atoms with Crippen LogP contribution < -0.4 is 0 Å². The number of quaternary nitrogens is 1. The predicted octanol–water partition coefficient (Wildman–Crippen LogP) is 6.43. The number of hydroxylamine groups is 3. The van der Waals surface area contributed by atoms with Crippen LogP contribution in [0.15, 0.2) is 0 Å². The summed E-state index contributed by atoms with van der Waals surface area (Å²) in [5.74, 6) is 0. The van der Waals surface area contributed by atoms with Gasteiger partial charge in [-0.2, -0.15) is 0 Å². The third kappa shape index (κ3) is 13.3. The van der Waals surface area contributed by atoms with E-state index >= 15 is 0 Å². The van der Waals surface area contributed by atoms with Crippen molar-refractivity contribution in [3.63, 3.8) is 0 Å². The molecule has 0 rings (SSSR count). The fourth-order valence-electron chi connectivity index (χ4n) is 3.10. The summed E-state index contributed by atoms with van der Waals surface area (Å²) in [4.78, 5) is 0. The van der Waals surface area contributed by atoms with Crippen molar-refractivity contribution < 1.29 is 4.65 Å². The minimum Gasteiger partial charge on any atom is -0.633 e. The van der Waals surface area contributed by atoms with Gasteiger partial charge in [0.25, 0.3) is 0 Å². The highest BCUT2D eigenvalue weighted by molar-refractivity contribution is 4.51. The van der Waals surface area contributed by atoms with Crippen LogP contribution in [-0.2, 0) is 0 Å². The van der Waals surface area contributed by atoms with Crippen molar-refractivity contribution in [2.75, 3.05) is 19.6 Å². The van der Waals surface area contributed by atoms with E-state index in [-0.39, 0.29) is 4.65 Å². The van der Waals surface area contributed by atoms with E-state index in [0.29, 0.717) is 0 Å². The van der Waals surface area contributed by atoms with E-state index in [4.69, 9.17) is 0 Å². The number of hydrogen-bond acceptors (Lipinski definition) is 1. The van der Waals surface area contributed by atoms with Crippen LogP contribution in [0, 0.1) is 5.21 Å². The summed E-state index contributed by atoms with van der Waals surface area (Å²) >= 11 is 0. The Morgan fingerprint density at radius 2 is 0.857 bits per heavy atom. The molecule has 0 radical (unpaired) electrons. The SMILES string of the molecule is CCCCCCCC[N+]([O-])(CCC)CCCCCCCC. The zero-order valence-electron chi connectivity index (χ0n) is 15.2. The second-order valence-electron chi connectivity index (χ2n) is 6.76. The first-order chi connectivity index (χ1) is 10.2. The molecule has 0 saturated heterocycles. The molecule has 128 valence electrons. The summed E-state index contributed by atoms with van der Waals surface area (Å²) in [6, 6.07) is 0. The van der Waals surface area contributed by atoms with Crippen molar-refractivity contribution in [1.82, 2.24) is 0 Å². The van der Waals surface area contributed by atoms with Gasteiger partial charge in [0, 0.05) is 0 Å². The van der Waals surface area contributed by atoms with Crippen molar-refractivity contribution in [3.8, 4) is 0 Å². The molecule has 0 aliphatic heterocycles. The number of rotatable bonds is 16. The Morgan fingerprint density at radius 3 is 1.24 bits per heavy atom. The zero-order chi connectivity index (χ0) is 15.8. The third-order valence-electron chi connectivity index (χ3n) is 4.47. The Morgan fingerprint density at radius 1 is 0.476 bits per heavy atom. The highest BCUT2D eigenvalue weighted by Gasteiger charge is 2.14. The average molecular weight is 300 g/mol. The van der Waals surface area contributed by atoms with Gasteiger partial charge in [-0.1, -0.05) is 72.1 Å². The van der Waals surface area contributed by atoms with Gasteiger partial charge in [0.15, 0.2) is 0 Å². The normalized spacial score (nSPS) is 12.0. The summed E-state index contributed by atoms with van der Waals surface area (Å²) in [6.45, 7) is 9.18. The van der Waals surface area contributed by atoms with E-state index in [2.05, 4.69) is 20.8 Å². The minimum atomic E-state index is 0.0814. The van der Waals surface area contributed by atoms with Crippen LogP contribution in [0.5, 0.6) is 0 Å². The molecule has 0 aliphatic carbocycles. The Labute approximate surface area is 134 Å². The zero-order valence-corrected chi connectivity index (χ0v) is 15.2. The highest BCUT2D eigenvalue weighted by atomic mass is 16.5. The molecule has 0 unspecified atom stereocenters. The van der Waals surface area contributed by atoms with Crippen LogP contribution in [0.25, 0.3) is 0 Å². The van der Waals surface area contributed by atoms with Gasteiger partial charge in [0.05, 0.1) is 19.6 Å². The second kappa shape index (κ2) is 14.8. The van der Waals surface area contributed by atoms with E-state index in [1.54, 1.807) is 0 Å². The molecule has 0 saturated carbocycles. The maximum atomic E-state index is 12.8. The summed E-state index contributed by atoms with van der Waals surface area (Å²) in [5.41, 5.74) is 0. The molecule has 2 heteroatoms. The van der Waals surface area contributed by atoms with Gasteiger partial charge >= 0.3 is 0 Å². The van der Waals surface area contributed by atoms with Crippen LogP contribution in [-0.4, -0.2) is 24.3 Å². The molecule has 0 spiro atoms. The summed E-state index contributed by atoms with van der Waals surface area (Å²) in [7, 11) is 0. The molecular formula is C19H41NO. The van der Waals surface area contributed by atoms with Gasteiger partial charge in [-0.15, -0.1) is 0 Å².